The predicted molar refractivity (Wildman–Crippen MR) is 70.5 cm³/mol. The van der Waals surface area contributed by atoms with Crippen molar-refractivity contribution >= 4 is 5.78 Å². The summed E-state index contributed by atoms with van der Waals surface area (Å²) in [6.07, 6.45) is 5.10. The van der Waals surface area contributed by atoms with Crippen molar-refractivity contribution in [2.24, 2.45) is 5.92 Å². The van der Waals surface area contributed by atoms with E-state index in [4.69, 9.17) is 4.74 Å². The monoisotopic (exact) mass is 244 g/mol. The van der Waals surface area contributed by atoms with Crippen molar-refractivity contribution < 1.29 is 9.53 Å². The van der Waals surface area contributed by atoms with Crippen molar-refractivity contribution in [3.63, 3.8) is 0 Å². The molecule has 0 saturated heterocycles. The van der Waals surface area contributed by atoms with Gasteiger partial charge in [-0.05, 0) is 43.6 Å². The molecule has 2 aliphatic rings. The standard InChI is InChI=1S/C16H20O2/c1-18-16(9-5-6-10-16)15(17)14-11-13(14)12-7-3-2-4-8-12/h2-4,7-8,13-14H,5-6,9-11H2,1H3. The van der Waals surface area contributed by atoms with Crippen LogP contribution in [0.15, 0.2) is 30.3 Å². The van der Waals surface area contributed by atoms with Crippen LogP contribution in [0, 0.1) is 5.92 Å². The SMILES string of the molecule is COC1(C(=O)C2CC2c2ccccc2)CCCC1. The second-order valence-corrected chi connectivity index (χ2v) is 5.63. The quantitative estimate of drug-likeness (QED) is 0.812. The predicted octanol–water partition coefficient (Wildman–Crippen LogP) is 3.32. The first-order valence-corrected chi connectivity index (χ1v) is 6.91. The van der Waals surface area contributed by atoms with Gasteiger partial charge in [-0.15, -0.1) is 0 Å². The molecule has 2 saturated carbocycles. The maximum Gasteiger partial charge on any atom is 0.168 e. The Morgan fingerprint density at radius 1 is 1.22 bits per heavy atom. The Morgan fingerprint density at radius 3 is 2.50 bits per heavy atom. The maximum absolute atomic E-state index is 12.6. The van der Waals surface area contributed by atoms with Gasteiger partial charge in [-0.25, -0.2) is 0 Å². The van der Waals surface area contributed by atoms with Gasteiger partial charge in [-0.2, -0.15) is 0 Å². The molecular formula is C16H20O2. The van der Waals surface area contributed by atoms with Gasteiger partial charge in [0.1, 0.15) is 5.60 Å². The molecule has 0 radical (unpaired) electrons. The molecule has 0 spiro atoms. The number of carbonyl (C=O) groups excluding carboxylic acids is 1. The average molecular weight is 244 g/mol. The minimum absolute atomic E-state index is 0.199. The van der Waals surface area contributed by atoms with E-state index in [1.54, 1.807) is 7.11 Å². The van der Waals surface area contributed by atoms with Crippen molar-refractivity contribution in [2.45, 2.75) is 43.6 Å². The van der Waals surface area contributed by atoms with E-state index < -0.39 is 5.60 Å². The van der Waals surface area contributed by atoms with Crippen LogP contribution in [0.3, 0.4) is 0 Å². The lowest BCUT2D eigenvalue weighted by molar-refractivity contribution is -0.141. The lowest BCUT2D eigenvalue weighted by Gasteiger charge is -2.25. The van der Waals surface area contributed by atoms with Crippen LogP contribution in [-0.4, -0.2) is 18.5 Å². The first kappa shape index (κ1) is 11.9. The summed E-state index contributed by atoms with van der Waals surface area (Å²) in [6, 6.07) is 10.4. The summed E-state index contributed by atoms with van der Waals surface area (Å²) in [5.41, 5.74) is 0.855. The Bertz CT molecular complexity index is 432. The van der Waals surface area contributed by atoms with Gasteiger partial charge in [0.25, 0.3) is 0 Å². The Hall–Kier alpha value is -1.15. The number of ether oxygens (including phenoxy) is 1. The van der Waals surface area contributed by atoms with E-state index >= 15 is 0 Å². The fourth-order valence-electron chi connectivity index (χ4n) is 3.39. The van der Waals surface area contributed by atoms with E-state index in [0.29, 0.717) is 11.7 Å². The molecule has 96 valence electrons. The van der Waals surface area contributed by atoms with Gasteiger partial charge in [-0.1, -0.05) is 30.3 Å². The summed E-state index contributed by atoms with van der Waals surface area (Å²) in [5, 5.41) is 0. The topological polar surface area (TPSA) is 26.3 Å². The van der Waals surface area contributed by atoms with Gasteiger partial charge < -0.3 is 4.74 Å². The lowest BCUT2D eigenvalue weighted by atomic mass is 9.91. The van der Waals surface area contributed by atoms with Crippen LogP contribution < -0.4 is 0 Å². The third-order valence-corrected chi connectivity index (χ3v) is 4.61. The first-order chi connectivity index (χ1) is 8.77. The Labute approximate surface area is 108 Å². The molecule has 2 nitrogen and oxygen atoms in total. The van der Waals surface area contributed by atoms with Gasteiger partial charge in [0.2, 0.25) is 0 Å². The van der Waals surface area contributed by atoms with Crippen LogP contribution in [0.1, 0.15) is 43.6 Å². The second kappa shape index (κ2) is 4.51. The Morgan fingerprint density at radius 2 is 1.89 bits per heavy atom. The fraction of sp³-hybridized carbons (Fsp3) is 0.562. The van der Waals surface area contributed by atoms with Crippen LogP contribution in [0.25, 0.3) is 0 Å². The highest BCUT2D eigenvalue weighted by atomic mass is 16.5. The summed E-state index contributed by atoms with van der Waals surface area (Å²) in [4.78, 5) is 12.6. The number of hydrogen-bond acceptors (Lipinski definition) is 2. The van der Waals surface area contributed by atoms with Gasteiger partial charge in [0.05, 0.1) is 0 Å². The molecule has 0 aromatic heterocycles. The largest absolute Gasteiger partial charge is 0.370 e. The number of rotatable bonds is 4. The summed E-state index contributed by atoms with van der Waals surface area (Å²) >= 11 is 0. The molecule has 2 aliphatic carbocycles. The molecule has 0 heterocycles. The van der Waals surface area contributed by atoms with Gasteiger partial charge in [-0.3, -0.25) is 4.79 Å². The fourth-order valence-corrected chi connectivity index (χ4v) is 3.39. The number of hydrogen-bond donors (Lipinski definition) is 0. The molecular weight excluding hydrogens is 224 g/mol. The molecule has 2 atom stereocenters. The molecule has 1 aromatic carbocycles. The van der Waals surface area contributed by atoms with Gasteiger partial charge in [0, 0.05) is 13.0 Å². The van der Waals surface area contributed by atoms with Crippen LogP contribution in [0.2, 0.25) is 0 Å². The summed E-state index contributed by atoms with van der Waals surface area (Å²) in [6.45, 7) is 0. The summed E-state index contributed by atoms with van der Waals surface area (Å²) < 4.78 is 5.60. The highest BCUT2D eigenvalue weighted by molar-refractivity contribution is 5.92. The Kier molecular flexibility index (Phi) is 2.98. The maximum atomic E-state index is 12.6. The van der Waals surface area contributed by atoms with Crippen molar-refractivity contribution in [2.75, 3.05) is 7.11 Å². The van der Waals surface area contributed by atoms with Crippen LogP contribution >= 0.6 is 0 Å². The van der Waals surface area contributed by atoms with E-state index in [-0.39, 0.29) is 5.92 Å². The van der Waals surface area contributed by atoms with Crippen LogP contribution in [-0.2, 0) is 9.53 Å². The van der Waals surface area contributed by atoms with Crippen molar-refractivity contribution in [1.29, 1.82) is 0 Å². The van der Waals surface area contributed by atoms with Gasteiger partial charge >= 0.3 is 0 Å². The molecule has 2 fully saturated rings. The van der Waals surface area contributed by atoms with Crippen molar-refractivity contribution in [3.8, 4) is 0 Å². The smallest absolute Gasteiger partial charge is 0.168 e. The highest BCUT2D eigenvalue weighted by Gasteiger charge is 2.53. The molecule has 0 bridgehead atoms. The third-order valence-electron chi connectivity index (χ3n) is 4.61. The van der Waals surface area contributed by atoms with E-state index in [1.807, 2.05) is 6.07 Å². The molecule has 18 heavy (non-hydrogen) atoms. The zero-order chi connectivity index (χ0) is 12.6. The number of Topliss-reactive ketones (excluding diaryl/α,β-unsaturated/α-hetero) is 1. The molecule has 3 rings (SSSR count). The molecule has 0 aliphatic heterocycles. The summed E-state index contributed by atoms with van der Waals surface area (Å²) in [7, 11) is 1.70. The molecule has 2 heteroatoms. The van der Waals surface area contributed by atoms with E-state index in [0.717, 1.165) is 32.1 Å². The molecule has 2 unspecified atom stereocenters. The minimum Gasteiger partial charge on any atom is -0.370 e. The number of benzene rings is 1. The minimum atomic E-state index is -0.450. The van der Waals surface area contributed by atoms with E-state index in [1.165, 1.54) is 5.56 Å². The van der Waals surface area contributed by atoms with E-state index in [2.05, 4.69) is 24.3 Å². The lowest BCUT2D eigenvalue weighted by Crippen LogP contribution is -2.39. The average Bonchev–Trinajstić information content (AvgIpc) is 3.08. The van der Waals surface area contributed by atoms with Crippen molar-refractivity contribution in [3.05, 3.63) is 35.9 Å². The van der Waals surface area contributed by atoms with Crippen LogP contribution in [0.5, 0.6) is 0 Å². The molecule has 1 aromatic rings. The van der Waals surface area contributed by atoms with Gasteiger partial charge in [0.15, 0.2) is 5.78 Å². The second-order valence-electron chi connectivity index (χ2n) is 5.63. The third kappa shape index (κ3) is 1.89. The number of carbonyl (C=O) groups is 1. The highest BCUT2D eigenvalue weighted by Crippen LogP contribution is 2.52. The molecule has 0 N–H and O–H groups in total. The van der Waals surface area contributed by atoms with Crippen LogP contribution in [0.4, 0.5) is 0 Å². The first-order valence-electron chi connectivity index (χ1n) is 6.91. The zero-order valence-corrected chi connectivity index (χ0v) is 10.9. The molecule has 0 amide bonds. The zero-order valence-electron chi connectivity index (χ0n) is 10.9. The number of ketones is 1. The summed E-state index contributed by atoms with van der Waals surface area (Å²) in [5.74, 6) is 0.994. The van der Waals surface area contributed by atoms with Crippen molar-refractivity contribution in [1.82, 2.24) is 0 Å². The normalized spacial score (nSPS) is 29.2. The Balaban J connectivity index is 1.73. The number of methoxy groups -OCH3 is 1. The van der Waals surface area contributed by atoms with E-state index in [9.17, 15) is 4.79 Å².